The minimum atomic E-state index is -0.159. The number of rotatable bonds is 3. The van der Waals surface area contributed by atoms with Crippen LogP contribution in [0.1, 0.15) is 23.1 Å². The van der Waals surface area contributed by atoms with Crippen molar-refractivity contribution in [2.75, 3.05) is 25.0 Å². The molecule has 1 N–H and O–H groups in total. The third kappa shape index (κ3) is 3.03. The standard InChI is InChI=1S/C18H21N3O2S/c1-2-21-8-7-14-16(10-21)24-18(19-14)20-17(22)13-9-12-5-3-4-6-15(12)23-11-13/h3-6,13H,2,7-11H2,1H3,(H,19,20,22)/t13-/m1/s1. The molecule has 3 heterocycles. The number of carbonyl (C=O) groups excluding carboxylic acids is 1. The number of amides is 1. The molecule has 2 aliphatic heterocycles. The molecule has 0 saturated heterocycles. The van der Waals surface area contributed by atoms with Crippen LogP contribution in [0.15, 0.2) is 24.3 Å². The molecule has 2 aliphatic rings. The van der Waals surface area contributed by atoms with Crippen molar-refractivity contribution in [2.24, 2.45) is 5.92 Å². The molecule has 1 aromatic heterocycles. The number of para-hydroxylation sites is 1. The van der Waals surface area contributed by atoms with Crippen LogP contribution in [-0.2, 0) is 24.2 Å². The van der Waals surface area contributed by atoms with Crippen molar-refractivity contribution in [3.8, 4) is 5.75 Å². The number of anilines is 1. The van der Waals surface area contributed by atoms with Crippen LogP contribution in [-0.4, -0.2) is 35.5 Å². The number of benzene rings is 1. The zero-order valence-electron chi connectivity index (χ0n) is 13.7. The monoisotopic (exact) mass is 343 g/mol. The average Bonchev–Trinajstić information content (AvgIpc) is 3.02. The van der Waals surface area contributed by atoms with Gasteiger partial charge in [-0.3, -0.25) is 9.69 Å². The molecule has 0 spiro atoms. The highest BCUT2D eigenvalue weighted by molar-refractivity contribution is 7.15. The molecule has 5 nitrogen and oxygen atoms in total. The van der Waals surface area contributed by atoms with Crippen LogP contribution in [0.3, 0.4) is 0 Å². The lowest BCUT2D eigenvalue weighted by Crippen LogP contribution is -2.32. The number of fused-ring (bicyclic) bond motifs is 2. The molecule has 0 saturated carbocycles. The molecule has 0 aliphatic carbocycles. The van der Waals surface area contributed by atoms with E-state index in [2.05, 4.69) is 22.1 Å². The van der Waals surface area contributed by atoms with E-state index in [-0.39, 0.29) is 11.8 Å². The van der Waals surface area contributed by atoms with E-state index in [1.54, 1.807) is 11.3 Å². The van der Waals surface area contributed by atoms with Crippen molar-refractivity contribution in [1.82, 2.24) is 9.88 Å². The smallest absolute Gasteiger partial charge is 0.233 e. The summed E-state index contributed by atoms with van der Waals surface area (Å²) in [4.78, 5) is 20.9. The molecule has 1 atom stereocenters. The maximum Gasteiger partial charge on any atom is 0.233 e. The van der Waals surface area contributed by atoms with Crippen molar-refractivity contribution in [3.63, 3.8) is 0 Å². The van der Waals surface area contributed by atoms with E-state index in [9.17, 15) is 4.79 Å². The molecular weight excluding hydrogens is 322 g/mol. The third-order valence-corrected chi connectivity index (χ3v) is 5.74. The van der Waals surface area contributed by atoms with Gasteiger partial charge in [0.2, 0.25) is 5.91 Å². The highest BCUT2D eigenvalue weighted by Crippen LogP contribution is 2.30. The number of likely N-dealkylation sites (N-methyl/N-ethyl adjacent to an activating group) is 1. The first-order valence-electron chi connectivity index (χ1n) is 8.45. The second kappa shape index (κ2) is 6.53. The lowest BCUT2D eigenvalue weighted by atomic mass is 9.96. The number of nitrogens with zero attached hydrogens (tertiary/aromatic N) is 2. The van der Waals surface area contributed by atoms with Gasteiger partial charge in [-0.15, -0.1) is 11.3 Å². The van der Waals surface area contributed by atoms with Crippen LogP contribution >= 0.6 is 11.3 Å². The Kier molecular flexibility index (Phi) is 4.24. The fourth-order valence-corrected chi connectivity index (χ4v) is 4.33. The number of nitrogens with one attached hydrogen (secondary N) is 1. The number of aromatic nitrogens is 1. The first kappa shape index (κ1) is 15.6. The van der Waals surface area contributed by atoms with Gasteiger partial charge in [-0.05, 0) is 24.6 Å². The van der Waals surface area contributed by atoms with Crippen LogP contribution < -0.4 is 10.1 Å². The molecular formula is C18H21N3O2S. The summed E-state index contributed by atoms with van der Waals surface area (Å²) in [6, 6.07) is 7.92. The summed E-state index contributed by atoms with van der Waals surface area (Å²) in [6.07, 6.45) is 1.69. The predicted molar refractivity (Wildman–Crippen MR) is 94.5 cm³/mol. The van der Waals surface area contributed by atoms with Gasteiger partial charge in [0.1, 0.15) is 12.4 Å². The van der Waals surface area contributed by atoms with Gasteiger partial charge in [0.05, 0.1) is 11.6 Å². The van der Waals surface area contributed by atoms with E-state index in [4.69, 9.17) is 4.74 Å². The second-order valence-corrected chi connectivity index (χ2v) is 7.40. The molecule has 0 unspecified atom stereocenters. The molecule has 1 amide bonds. The van der Waals surface area contributed by atoms with E-state index >= 15 is 0 Å². The largest absolute Gasteiger partial charge is 0.492 e. The summed E-state index contributed by atoms with van der Waals surface area (Å²) < 4.78 is 5.72. The van der Waals surface area contributed by atoms with Gasteiger partial charge in [-0.25, -0.2) is 4.98 Å². The van der Waals surface area contributed by atoms with Crippen molar-refractivity contribution in [1.29, 1.82) is 0 Å². The van der Waals surface area contributed by atoms with E-state index in [0.29, 0.717) is 6.61 Å². The quantitative estimate of drug-likeness (QED) is 0.931. The molecule has 24 heavy (non-hydrogen) atoms. The maximum absolute atomic E-state index is 12.6. The zero-order chi connectivity index (χ0) is 16.5. The Bertz CT molecular complexity index is 758. The van der Waals surface area contributed by atoms with Crippen molar-refractivity contribution in [2.45, 2.75) is 26.3 Å². The number of thiazole rings is 1. The van der Waals surface area contributed by atoms with Crippen LogP contribution in [0.5, 0.6) is 5.75 Å². The van der Waals surface area contributed by atoms with Crippen LogP contribution in [0, 0.1) is 5.92 Å². The Hall–Kier alpha value is -1.92. The molecule has 0 fully saturated rings. The van der Waals surface area contributed by atoms with Crippen LogP contribution in [0.25, 0.3) is 0 Å². The highest BCUT2D eigenvalue weighted by atomic mass is 32.1. The minimum absolute atomic E-state index is 0.00273. The highest BCUT2D eigenvalue weighted by Gasteiger charge is 2.27. The first-order chi connectivity index (χ1) is 11.7. The van der Waals surface area contributed by atoms with E-state index in [0.717, 1.165) is 54.6 Å². The number of hydrogen-bond donors (Lipinski definition) is 1. The summed E-state index contributed by atoms with van der Waals surface area (Å²) in [5.41, 5.74) is 2.24. The number of carbonyl (C=O) groups is 1. The molecule has 126 valence electrons. The van der Waals surface area contributed by atoms with E-state index in [1.165, 1.54) is 4.88 Å². The first-order valence-corrected chi connectivity index (χ1v) is 9.27. The third-order valence-electron chi connectivity index (χ3n) is 4.74. The van der Waals surface area contributed by atoms with Crippen molar-refractivity contribution < 1.29 is 9.53 Å². The Morgan fingerprint density at radius 2 is 2.33 bits per heavy atom. The van der Waals surface area contributed by atoms with E-state index in [1.807, 2.05) is 24.3 Å². The zero-order valence-corrected chi connectivity index (χ0v) is 14.6. The average molecular weight is 343 g/mol. The van der Waals surface area contributed by atoms with Gasteiger partial charge in [0, 0.05) is 24.4 Å². The summed E-state index contributed by atoms with van der Waals surface area (Å²) in [6.45, 7) is 5.65. The molecule has 0 bridgehead atoms. The summed E-state index contributed by atoms with van der Waals surface area (Å²) in [5, 5.41) is 3.73. The van der Waals surface area contributed by atoms with E-state index < -0.39 is 0 Å². The van der Waals surface area contributed by atoms with Crippen molar-refractivity contribution in [3.05, 3.63) is 40.4 Å². The lowest BCUT2D eigenvalue weighted by Gasteiger charge is -2.24. The summed E-state index contributed by atoms with van der Waals surface area (Å²) in [7, 11) is 0. The van der Waals surface area contributed by atoms with Gasteiger partial charge < -0.3 is 10.1 Å². The normalized spacial score (nSPS) is 20.0. The SMILES string of the molecule is CCN1CCc2nc(NC(=O)[C@H]3COc4ccccc4C3)sc2C1. The number of hydrogen-bond acceptors (Lipinski definition) is 5. The van der Waals surface area contributed by atoms with Crippen LogP contribution in [0.2, 0.25) is 0 Å². The molecule has 4 rings (SSSR count). The second-order valence-electron chi connectivity index (χ2n) is 6.32. The van der Waals surface area contributed by atoms with Crippen LogP contribution in [0.4, 0.5) is 5.13 Å². The Morgan fingerprint density at radius 3 is 3.21 bits per heavy atom. The lowest BCUT2D eigenvalue weighted by molar-refractivity contribution is -0.121. The Labute approximate surface area is 145 Å². The molecule has 6 heteroatoms. The summed E-state index contributed by atoms with van der Waals surface area (Å²) in [5.74, 6) is 0.738. The molecule has 2 aromatic rings. The Morgan fingerprint density at radius 1 is 1.46 bits per heavy atom. The summed E-state index contributed by atoms with van der Waals surface area (Å²) >= 11 is 1.61. The Balaban J connectivity index is 1.43. The van der Waals surface area contributed by atoms with Gasteiger partial charge in [-0.2, -0.15) is 0 Å². The maximum atomic E-state index is 12.6. The van der Waals surface area contributed by atoms with Gasteiger partial charge in [0.25, 0.3) is 0 Å². The molecule has 0 radical (unpaired) electrons. The molecule has 1 aromatic carbocycles. The topological polar surface area (TPSA) is 54.5 Å². The van der Waals surface area contributed by atoms with Gasteiger partial charge in [0.15, 0.2) is 5.13 Å². The fraction of sp³-hybridized carbons (Fsp3) is 0.444. The minimum Gasteiger partial charge on any atom is -0.492 e. The van der Waals surface area contributed by atoms with Gasteiger partial charge >= 0.3 is 0 Å². The predicted octanol–water partition coefficient (Wildman–Crippen LogP) is 2.71. The van der Waals surface area contributed by atoms with Gasteiger partial charge in [-0.1, -0.05) is 25.1 Å². The number of ether oxygens (including phenoxy) is 1. The van der Waals surface area contributed by atoms with Crippen molar-refractivity contribution >= 4 is 22.4 Å². The fourth-order valence-electron chi connectivity index (χ4n) is 3.28.